The van der Waals surface area contributed by atoms with Crippen molar-refractivity contribution in [3.05, 3.63) is 224 Å². The second-order valence-electron chi connectivity index (χ2n) is 15.1. The van der Waals surface area contributed by atoms with Crippen molar-refractivity contribution >= 4 is 51.2 Å². The van der Waals surface area contributed by atoms with Crippen LogP contribution in [0.15, 0.2) is 218 Å². The molecule has 0 atom stereocenters. The normalized spacial score (nSPS) is 12.3. The van der Waals surface area contributed by atoms with Gasteiger partial charge in [-0.3, -0.25) is 0 Å². The Morgan fingerprint density at radius 3 is 1.10 bits per heavy atom. The number of aryl methyl sites for hydroxylation is 1. The van der Waals surface area contributed by atoms with E-state index in [1.807, 2.05) is 36.4 Å². The molecule has 0 fully saturated rings. The lowest BCUT2D eigenvalue weighted by Gasteiger charge is -2.33. The summed E-state index contributed by atoms with van der Waals surface area (Å²) in [7, 11) is 0. The first kappa shape index (κ1) is 35.2. The highest BCUT2D eigenvalue weighted by atomic mass is 16.5. The molecular weight excluding hydrogens is 735 g/mol. The maximum Gasteiger partial charge on any atom is 0.152 e. The van der Waals surface area contributed by atoms with E-state index < -0.39 is 0 Å². The Balaban J connectivity index is 0.906. The first-order chi connectivity index (χ1) is 29.6. The van der Waals surface area contributed by atoms with Gasteiger partial charge < -0.3 is 24.2 Å². The first-order valence-electron chi connectivity index (χ1n) is 20.2. The smallest absolute Gasteiger partial charge is 0.152 e. The maximum atomic E-state index is 6.53. The van der Waals surface area contributed by atoms with Crippen LogP contribution in [0.3, 0.4) is 0 Å². The molecule has 0 spiro atoms. The molecule has 9 aromatic carbocycles. The molecule has 0 aliphatic carbocycles. The van der Waals surface area contributed by atoms with Crippen LogP contribution in [0.25, 0.3) is 22.3 Å². The molecule has 0 saturated heterocycles. The van der Waals surface area contributed by atoms with Crippen molar-refractivity contribution in [2.45, 2.75) is 6.92 Å². The average molecular weight is 774 g/mol. The van der Waals surface area contributed by atoms with Crippen LogP contribution in [-0.2, 0) is 0 Å². The first-order valence-corrected chi connectivity index (χ1v) is 20.2. The number of hydrogen-bond donors (Lipinski definition) is 0. The van der Waals surface area contributed by atoms with Crippen LogP contribution in [0.5, 0.6) is 23.0 Å². The molecule has 5 heteroatoms. The van der Waals surface area contributed by atoms with Gasteiger partial charge in [-0.05, 0) is 138 Å². The largest absolute Gasteiger partial charge is 0.453 e. The zero-order chi connectivity index (χ0) is 40.0. The summed E-state index contributed by atoms with van der Waals surface area (Å²) >= 11 is 0. The topological polar surface area (TPSA) is 28.2 Å². The minimum Gasteiger partial charge on any atom is -0.453 e. The highest BCUT2D eigenvalue weighted by molar-refractivity contribution is 5.90. The second-order valence-corrected chi connectivity index (χ2v) is 15.1. The van der Waals surface area contributed by atoms with E-state index in [1.54, 1.807) is 0 Å². The second kappa shape index (κ2) is 14.7. The zero-order valence-corrected chi connectivity index (χ0v) is 32.9. The maximum absolute atomic E-state index is 6.53. The van der Waals surface area contributed by atoms with Crippen LogP contribution in [0.1, 0.15) is 5.56 Å². The minimum absolute atomic E-state index is 0.823. The number of rotatable bonds is 7. The fraction of sp³-hybridized carbons (Fsp3) is 0.0182. The predicted molar refractivity (Wildman–Crippen MR) is 246 cm³/mol. The molecule has 9 aromatic rings. The summed E-state index contributed by atoms with van der Waals surface area (Å²) in [4.78, 5) is 6.84. The lowest BCUT2D eigenvalue weighted by molar-refractivity contribution is 0.477. The van der Waals surface area contributed by atoms with Gasteiger partial charge >= 0.3 is 0 Å². The monoisotopic (exact) mass is 773 g/mol. The zero-order valence-electron chi connectivity index (χ0n) is 32.9. The lowest BCUT2D eigenvalue weighted by atomic mass is 10.0. The third kappa shape index (κ3) is 6.30. The van der Waals surface area contributed by atoms with Crippen LogP contribution >= 0.6 is 0 Å². The molecule has 0 aromatic heterocycles. The average Bonchev–Trinajstić information content (AvgIpc) is 3.31. The van der Waals surface area contributed by atoms with E-state index in [4.69, 9.17) is 9.47 Å². The SMILES string of the molecule is Cc1ccc(N(c2ccc(-c3ccc4c(c3)Oc3ccccc3N4c3ccccc3)cc2)c2ccc(-c3ccc4c(c3)Oc3ccccc3N4c3ccccc3)cc2)cc1. The van der Waals surface area contributed by atoms with E-state index in [0.29, 0.717) is 0 Å². The number of ether oxygens (including phenoxy) is 2. The van der Waals surface area contributed by atoms with Crippen molar-refractivity contribution < 1.29 is 9.47 Å². The van der Waals surface area contributed by atoms with Crippen LogP contribution in [-0.4, -0.2) is 0 Å². The Labute approximate surface area is 350 Å². The molecule has 286 valence electrons. The third-order valence-electron chi connectivity index (χ3n) is 11.3. The molecule has 0 amide bonds. The van der Waals surface area contributed by atoms with Gasteiger partial charge in [-0.1, -0.05) is 115 Å². The van der Waals surface area contributed by atoms with Crippen molar-refractivity contribution in [2.75, 3.05) is 14.7 Å². The highest BCUT2D eigenvalue weighted by Gasteiger charge is 2.27. The van der Waals surface area contributed by atoms with Crippen molar-refractivity contribution in [3.63, 3.8) is 0 Å². The molecule has 60 heavy (non-hydrogen) atoms. The van der Waals surface area contributed by atoms with Gasteiger partial charge in [0.1, 0.15) is 0 Å². The molecule has 2 heterocycles. The summed E-state index contributed by atoms with van der Waals surface area (Å²) in [5, 5.41) is 0. The Hall–Kier alpha value is -8.02. The number of para-hydroxylation sites is 6. The van der Waals surface area contributed by atoms with Gasteiger partial charge in [0.2, 0.25) is 0 Å². The fourth-order valence-electron chi connectivity index (χ4n) is 8.33. The van der Waals surface area contributed by atoms with Crippen molar-refractivity contribution in [2.24, 2.45) is 0 Å². The van der Waals surface area contributed by atoms with Gasteiger partial charge in [0.15, 0.2) is 23.0 Å². The van der Waals surface area contributed by atoms with Crippen molar-refractivity contribution in [3.8, 4) is 45.3 Å². The quantitative estimate of drug-likeness (QED) is 0.161. The van der Waals surface area contributed by atoms with E-state index in [0.717, 1.165) is 96.4 Å². The molecule has 2 aliphatic rings. The summed E-state index contributed by atoms with van der Waals surface area (Å²) in [5.74, 6) is 3.32. The summed E-state index contributed by atoms with van der Waals surface area (Å²) in [6.07, 6.45) is 0. The Morgan fingerprint density at radius 2 is 0.667 bits per heavy atom. The molecule has 0 N–H and O–H groups in total. The summed E-state index contributed by atoms with van der Waals surface area (Å²) in [6, 6.07) is 76.6. The molecule has 2 aliphatic heterocycles. The molecule has 5 nitrogen and oxygen atoms in total. The molecule has 0 bridgehead atoms. The van der Waals surface area contributed by atoms with Gasteiger partial charge in [-0.25, -0.2) is 0 Å². The summed E-state index contributed by atoms with van der Waals surface area (Å²) < 4.78 is 13.1. The highest BCUT2D eigenvalue weighted by Crippen LogP contribution is 2.53. The molecular formula is C55H39N3O2. The van der Waals surface area contributed by atoms with Crippen LogP contribution in [0.2, 0.25) is 0 Å². The lowest BCUT2D eigenvalue weighted by Crippen LogP contribution is -2.15. The number of benzene rings is 9. The molecule has 0 unspecified atom stereocenters. The summed E-state index contributed by atoms with van der Waals surface area (Å²) in [6.45, 7) is 2.12. The standard InChI is InChI=1S/C55H39N3O2/c1-38-20-28-45(29-21-38)56(46-30-22-39(23-31-46)41-26-34-50-54(36-41)59-52-18-10-8-16-48(52)57(50)43-12-4-2-5-13-43)47-32-24-40(25-33-47)42-27-35-51-55(37-42)60-53-19-11-9-17-49(53)58(51)44-14-6-3-7-15-44/h2-37H,1H3. The molecule has 0 radical (unpaired) electrons. The van der Waals surface area contributed by atoms with Gasteiger partial charge in [0.25, 0.3) is 0 Å². The fourth-order valence-corrected chi connectivity index (χ4v) is 8.33. The van der Waals surface area contributed by atoms with E-state index >= 15 is 0 Å². The van der Waals surface area contributed by atoms with E-state index in [1.165, 1.54) is 5.56 Å². The number of anilines is 9. The predicted octanol–water partition coefficient (Wildman–Crippen LogP) is 15.9. The summed E-state index contributed by atoms with van der Waals surface area (Å²) in [5.41, 5.74) is 15.1. The van der Waals surface area contributed by atoms with E-state index in [9.17, 15) is 0 Å². The van der Waals surface area contributed by atoms with E-state index in [2.05, 4.69) is 204 Å². The minimum atomic E-state index is 0.823. The Bertz CT molecular complexity index is 2800. The van der Waals surface area contributed by atoms with Crippen molar-refractivity contribution in [1.29, 1.82) is 0 Å². The van der Waals surface area contributed by atoms with Crippen molar-refractivity contribution in [1.82, 2.24) is 0 Å². The van der Waals surface area contributed by atoms with Gasteiger partial charge in [-0.2, -0.15) is 0 Å². The number of fused-ring (bicyclic) bond motifs is 4. The van der Waals surface area contributed by atoms with Crippen LogP contribution in [0, 0.1) is 6.92 Å². The number of hydrogen-bond acceptors (Lipinski definition) is 5. The third-order valence-corrected chi connectivity index (χ3v) is 11.3. The van der Waals surface area contributed by atoms with Gasteiger partial charge in [0.05, 0.1) is 22.7 Å². The Morgan fingerprint density at radius 1 is 0.317 bits per heavy atom. The van der Waals surface area contributed by atoms with Gasteiger partial charge in [-0.15, -0.1) is 0 Å². The Kier molecular flexibility index (Phi) is 8.63. The van der Waals surface area contributed by atoms with Crippen LogP contribution < -0.4 is 24.2 Å². The van der Waals surface area contributed by atoms with Crippen LogP contribution in [0.4, 0.5) is 51.2 Å². The van der Waals surface area contributed by atoms with Gasteiger partial charge in [0, 0.05) is 28.4 Å². The van der Waals surface area contributed by atoms with E-state index in [-0.39, 0.29) is 0 Å². The molecule has 11 rings (SSSR count). The molecule has 0 saturated carbocycles. The number of nitrogens with zero attached hydrogens (tertiary/aromatic N) is 3.